The van der Waals surface area contributed by atoms with Crippen LogP contribution in [0.2, 0.25) is 0 Å². The third-order valence-corrected chi connectivity index (χ3v) is 5.41. The van der Waals surface area contributed by atoms with Gasteiger partial charge in [-0.1, -0.05) is 18.2 Å². The van der Waals surface area contributed by atoms with Crippen molar-refractivity contribution in [1.82, 2.24) is 24.2 Å². The van der Waals surface area contributed by atoms with Crippen LogP contribution in [0.1, 0.15) is 12.6 Å². The number of rotatable bonds is 5. The fraction of sp³-hybridized carbons (Fsp3) is 0.261. The molecule has 0 bridgehead atoms. The van der Waals surface area contributed by atoms with Gasteiger partial charge in [0.05, 0.1) is 23.8 Å². The van der Waals surface area contributed by atoms with Crippen molar-refractivity contribution in [2.45, 2.75) is 6.92 Å². The molecule has 7 heteroatoms. The van der Waals surface area contributed by atoms with Crippen LogP contribution in [0.4, 0.5) is 0 Å². The number of aromatic nitrogens is 3. The summed E-state index contributed by atoms with van der Waals surface area (Å²) in [5, 5.41) is 9.82. The molecule has 0 saturated carbocycles. The number of aromatic hydroxyl groups is 1. The molecular weight excluding hydrogens is 376 g/mol. The predicted molar refractivity (Wildman–Crippen MR) is 120 cm³/mol. The number of phenols is 1. The lowest BCUT2D eigenvalue weighted by molar-refractivity contribution is 0.185. The van der Waals surface area contributed by atoms with Gasteiger partial charge < -0.3 is 14.9 Å². The van der Waals surface area contributed by atoms with E-state index in [1.165, 1.54) is 0 Å². The summed E-state index contributed by atoms with van der Waals surface area (Å²) in [6.07, 6.45) is 9.56. The number of allylic oxidation sites excluding steroid dienone is 3. The molecule has 7 nitrogen and oxygen atoms in total. The molecule has 1 aromatic carbocycles. The second-order valence-electron chi connectivity index (χ2n) is 7.52. The first kappa shape index (κ1) is 19.8. The third kappa shape index (κ3) is 4.11. The minimum Gasteiger partial charge on any atom is -0.508 e. The van der Waals surface area contributed by atoms with Crippen LogP contribution in [0.25, 0.3) is 22.5 Å². The first-order valence-corrected chi connectivity index (χ1v) is 9.97. The van der Waals surface area contributed by atoms with Crippen LogP contribution in [-0.4, -0.2) is 69.2 Å². The zero-order valence-electron chi connectivity index (χ0n) is 17.4. The zero-order chi connectivity index (χ0) is 21.1. The van der Waals surface area contributed by atoms with Gasteiger partial charge in [0.1, 0.15) is 11.6 Å². The third-order valence-electron chi connectivity index (χ3n) is 5.41. The molecule has 1 N–H and O–H groups in total. The number of fused-ring (bicyclic) bond motifs is 1. The zero-order valence-corrected chi connectivity index (χ0v) is 17.4. The highest BCUT2D eigenvalue weighted by atomic mass is 16.3. The molecule has 0 atom stereocenters. The van der Waals surface area contributed by atoms with E-state index in [0.29, 0.717) is 0 Å². The highest BCUT2D eigenvalue weighted by molar-refractivity contribution is 5.67. The molecule has 0 amide bonds. The first-order chi connectivity index (χ1) is 14.5. The van der Waals surface area contributed by atoms with E-state index >= 15 is 0 Å². The molecule has 3 aromatic rings. The second-order valence-corrected chi connectivity index (χ2v) is 7.52. The molecule has 0 unspecified atom stereocenters. The fourth-order valence-electron chi connectivity index (χ4n) is 3.55. The number of hydrogen-bond donors (Lipinski definition) is 1. The predicted octanol–water partition coefficient (Wildman–Crippen LogP) is 3.29. The lowest BCUT2D eigenvalue weighted by atomic mass is 10.1. The van der Waals surface area contributed by atoms with Crippen LogP contribution < -0.4 is 0 Å². The van der Waals surface area contributed by atoms with Crippen LogP contribution in [-0.2, 0) is 0 Å². The van der Waals surface area contributed by atoms with E-state index in [4.69, 9.17) is 0 Å². The minimum atomic E-state index is 0.228. The van der Waals surface area contributed by atoms with Crippen molar-refractivity contribution in [3.8, 4) is 17.0 Å². The molecule has 154 valence electrons. The second kappa shape index (κ2) is 8.51. The first-order valence-electron chi connectivity index (χ1n) is 9.97. The van der Waals surface area contributed by atoms with Crippen LogP contribution in [0.15, 0.2) is 65.8 Å². The average molecular weight is 403 g/mol. The number of nitrogens with zero attached hydrogens (tertiary/aromatic N) is 6. The Balaban J connectivity index is 1.63. The van der Waals surface area contributed by atoms with E-state index in [1.54, 1.807) is 24.5 Å². The molecule has 1 aliphatic heterocycles. The van der Waals surface area contributed by atoms with E-state index in [2.05, 4.69) is 38.5 Å². The highest BCUT2D eigenvalue weighted by Gasteiger charge is 2.15. The Labute approximate surface area is 176 Å². The topological polar surface area (TPSA) is 69.3 Å². The number of piperazine rings is 1. The summed E-state index contributed by atoms with van der Waals surface area (Å²) in [5.74, 6) is 1.11. The van der Waals surface area contributed by atoms with Gasteiger partial charge >= 0.3 is 0 Å². The number of imidazole rings is 1. The molecule has 1 aliphatic rings. The number of benzene rings is 1. The van der Waals surface area contributed by atoms with Crippen molar-refractivity contribution >= 4 is 17.9 Å². The van der Waals surface area contributed by atoms with Gasteiger partial charge in [-0.3, -0.25) is 9.38 Å². The molecule has 2 aromatic heterocycles. The van der Waals surface area contributed by atoms with Crippen molar-refractivity contribution < 1.29 is 5.11 Å². The Morgan fingerprint density at radius 2 is 1.93 bits per heavy atom. The van der Waals surface area contributed by atoms with E-state index in [0.717, 1.165) is 60.2 Å². The molecule has 0 aliphatic carbocycles. The number of phenolic OH excluding ortho intramolecular Hbond substituents is 1. The molecule has 30 heavy (non-hydrogen) atoms. The summed E-state index contributed by atoms with van der Waals surface area (Å²) >= 11 is 0. The van der Waals surface area contributed by atoms with Crippen molar-refractivity contribution in [3.63, 3.8) is 0 Å². The van der Waals surface area contributed by atoms with Gasteiger partial charge in [-0.15, -0.1) is 0 Å². The Bertz CT molecular complexity index is 1120. The maximum absolute atomic E-state index is 9.82. The summed E-state index contributed by atoms with van der Waals surface area (Å²) < 4.78 is 1.99. The number of likely N-dealkylation sites (N-methyl/N-ethyl adjacent to an activating group) is 1. The fourth-order valence-corrected chi connectivity index (χ4v) is 3.55. The summed E-state index contributed by atoms with van der Waals surface area (Å²) in [4.78, 5) is 17.8. The summed E-state index contributed by atoms with van der Waals surface area (Å²) in [6.45, 7) is 9.70. The molecule has 1 saturated heterocycles. The highest BCUT2D eigenvalue weighted by Crippen LogP contribution is 2.25. The van der Waals surface area contributed by atoms with Crippen LogP contribution in [0, 0.1) is 0 Å². The minimum absolute atomic E-state index is 0.228. The van der Waals surface area contributed by atoms with Crippen LogP contribution in [0.5, 0.6) is 5.75 Å². The Kier molecular flexibility index (Phi) is 5.63. The molecule has 0 radical (unpaired) electrons. The Morgan fingerprint density at radius 3 is 2.67 bits per heavy atom. The summed E-state index contributed by atoms with van der Waals surface area (Å²) in [6, 6.07) is 7.16. The van der Waals surface area contributed by atoms with Crippen molar-refractivity contribution in [3.05, 3.63) is 66.5 Å². The standard InChI is InChI=1S/C23H26N6O/c1-17(7-8-22(24-2)28-11-9-27(3)10-12-28)20-16-29-21(14-26-23(29)15-25-20)18-5-4-6-19(30)13-18/h4-8,13-16,30H,2,9-12H2,1,3H3/b17-7+,22-8+. The Morgan fingerprint density at radius 1 is 1.13 bits per heavy atom. The summed E-state index contributed by atoms with van der Waals surface area (Å²) in [7, 11) is 2.13. The Hall–Kier alpha value is -3.45. The van der Waals surface area contributed by atoms with Crippen molar-refractivity contribution in [2.24, 2.45) is 4.99 Å². The van der Waals surface area contributed by atoms with Gasteiger partial charge in [0.2, 0.25) is 0 Å². The SMILES string of the molecule is C=N/C(=C\C=C(/C)c1cn2c(-c3cccc(O)c3)cnc2cn1)N1CCN(C)CC1. The summed E-state index contributed by atoms with van der Waals surface area (Å²) in [5.41, 5.74) is 4.42. The van der Waals surface area contributed by atoms with E-state index < -0.39 is 0 Å². The molecule has 1 fully saturated rings. The maximum atomic E-state index is 9.82. The normalized spacial score (nSPS) is 16.3. The monoisotopic (exact) mass is 402 g/mol. The quantitative estimate of drug-likeness (QED) is 0.524. The van der Waals surface area contributed by atoms with Gasteiger partial charge in [-0.05, 0) is 44.5 Å². The molecule has 0 spiro atoms. The number of hydrogen-bond acceptors (Lipinski definition) is 6. The number of aliphatic imine (C=N–C) groups is 1. The smallest absolute Gasteiger partial charge is 0.155 e. The van der Waals surface area contributed by atoms with Gasteiger partial charge in [-0.25, -0.2) is 9.98 Å². The largest absolute Gasteiger partial charge is 0.508 e. The average Bonchev–Trinajstić information content (AvgIpc) is 3.18. The van der Waals surface area contributed by atoms with Crippen molar-refractivity contribution in [1.29, 1.82) is 0 Å². The van der Waals surface area contributed by atoms with E-state index in [-0.39, 0.29) is 5.75 Å². The van der Waals surface area contributed by atoms with Gasteiger partial charge in [-0.2, -0.15) is 0 Å². The van der Waals surface area contributed by atoms with Crippen molar-refractivity contribution in [2.75, 3.05) is 33.2 Å². The van der Waals surface area contributed by atoms with Gasteiger partial charge in [0, 0.05) is 37.9 Å². The van der Waals surface area contributed by atoms with Crippen LogP contribution >= 0.6 is 0 Å². The van der Waals surface area contributed by atoms with Crippen LogP contribution in [0.3, 0.4) is 0 Å². The maximum Gasteiger partial charge on any atom is 0.155 e. The molecule has 4 rings (SSSR count). The van der Waals surface area contributed by atoms with Gasteiger partial charge in [0.15, 0.2) is 5.65 Å². The van der Waals surface area contributed by atoms with E-state index in [1.807, 2.05) is 41.8 Å². The lowest BCUT2D eigenvalue weighted by Gasteiger charge is -2.33. The van der Waals surface area contributed by atoms with Gasteiger partial charge in [0.25, 0.3) is 0 Å². The molecule has 3 heterocycles. The van der Waals surface area contributed by atoms with E-state index in [9.17, 15) is 5.11 Å². The molecular formula is C23H26N6O. The lowest BCUT2D eigenvalue weighted by Crippen LogP contribution is -2.43.